The van der Waals surface area contributed by atoms with Gasteiger partial charge in [0.15, 0.2) is 5.96 Å². The predicted molar refractivity (Wildman–Crippen MR) is 95.5 cm³/mol. The molecule has 2 fully saturated rings. The van der Waals surface area contributed by atoms with Crippen LogP contribution in [0.5, 0.6) is 0 Å². The second-order valence-electron chi connectivity index (χ2n) is 6.06. The van der Waals surface area contributed by atoms with E-state index < -0.39 is 0 Å². The van der Waals surface area contributed by atoms with E-state index in [0.29, 0.717) is 6.10 Å². The molecule has 2 aliphatic rings. The lowest BCUT2D eigenvalue weighted by Crippen LogP contribution is -2.48. The molecule has 7 heteroatoms. The van der Waals surface area contributed by atoms with E-state index >= 15 is 0 Å². The molecule has 0 aliphatic carbocycles. The molecule has 0 aromatic heterocycles. The minimum Gasteiger partial charge on any atom is -0.381 e. The molecule has 2 rings (SSSR count). The molecule has 0 aromatic carbocycles. The lowest BCUT2D eigenvalue weighted by Gasteiger charge is -2.36. The van der Waals surface area contributed by atoms with Crippen LogP contribution < -0.4 is 10.6 Å². The van der Waals surface area contributed by atoms with E-state index in [4.69, 9.17) is 14.2 Å². The van der Waals surface area contributed by atoms with Crippen LogP contribution in [0.1, 0.15) is 25.7 Å². The van der Waals surface area contributed by atoms with Gasteiger partial charge >= 0.3 is 0 Å². The number of guanidine groups is 1. The Labute approximate surface area is 144 Å². The summed E-state index contributed by atoms with van der Waals surface area (Å²) in [7, 11) is 1.82. The molecule has 2 N–H and O–H groups in total. The van der Waals surface area contributed by atoms with Gasteiger partial charge in [0, 0.05) is 51.3 Å². The average Bonchev–Trinajstić information content (AvgIpc) is 3.11. The minimum atomic E-state index is 0.265. The van der Waals surface area contributed by atoms with E-state index in [1.54, 1.807) is 0 Å². The highest BCUT2D eigenvalue weighted by molar-refractivity contribution is 8.00. The third-order valence-corrected chi connectivity index (χ3v) is 5.91. The van der Waals surface area contributed by atoms with Crippen LogP contribution in [0.15, 0.2) is 4.99 Å². The summed E-state index contributed by atoms with van der Waals surface area (Å²) in [5.41, 5.74) is 0. The summed E-state index contributed by atoms with van der Waals surface area (Å²) in [6, 6.07) is 0. The topological polar surface area (TPSA) is 64.1 Å². The SMILES string of the molecule is CN=C(NCCCOC1CCOC1)NCC1(SC)CCOCC1. The number of nitrogens with zero attached hydrogens (tertiary/aromatic N) is 1. The molecule has 6 nitrogen and oxygen atoms in total. The first kappa shape index (κ1) is 18.8. The van der Waals surface area contributed by atoms with Crippen LogP contribution in [-0.4, -0.2) is 76.2 Å². The Morgan fingerprint density at radius 3 is 2.74 bits per heavy atom. The number of aliphatic imine (C=N–C) groups is 1. The van der Waals surface area contributed by atoms with Gasteiger partial charge in [0.2, 0.25) is 0 Å². The second-order valence-corrected chi connectivity index (χ2v) is 7.34. The molecule has 0 bridgehead atoms. The molecule has 23 heavy (non-hydrogen) atoms. The van der Waals surface area contributed by atoms with E-state index in [0.717, 1.165) is 77.8 Å². The quantitative estimate of drug-likeness (QED) is 0.392. The predicted octanol–water partition coefficient (Wildman–Crippen LogP) is 1.26. The fourth-order valence-corrected chi connectivity index (χ4v) is 3.63. The Bertz CT molecular complexity index is 356. The Morgan fingerprint density at radius 2 is 2.09 bits per heavy atom. The molecule has 2 saturated heterocycles. The molecule has 134 valence electrons. The summed E-state index contributed by atoms with van der Waals surface area (Å²) in [5, 5.41) is 6.83. The van der Waals surface area contributed by atoms with Crippen LogP contribution in [0, 0.1) is 0 Å². The van der Waals surface area contributed by atoms with Crippen LogP contribution in [0.25, 0.3) is 0 Å². The number of thioether (sulfide) groups is 1. The standard InChI is InChI=1S/C16H31N3O3S/c1-17-15(18-7-3-8-22-14-4-9-21-12-14)19-13-16(23-2)5-10-20-11-6-16/h14H,3-13H2,1-2H3,(H2,17,18,19). The molecule has 2 heterocycles. The summed E-state index contributed by atoms with van der Waals surface area (Å²) < 4.78 is 16.8. The zero-order valence-corrected chi connectivity index (χ0v) is 15.3. The zero-order chi connectivity index (χ0) is 16.4. The van der Waals surface area contributed by atoms with Crippen LogP contribution in [0.2, 0.25) is 0 Å². The molecular weight excluding hydrogens is 314 g/mol. The molecular formula is C16H31N3O3S. The van der Waals surface area contributed by atoms with E-state index in [-0.39, 0.29) is 4.75 Å². The maximum Gasteiger partial charge on any atom is 0.191 e. The van der Waals surface area contributed by atoms with E-state index in [1.807, 2.05) is 18.8 Å². The van der Waals surface area contributed by atoms with Gasteiger partial charge in [-0.2, -0.15) is 11.8 Å². The Morgan fingerprint density at radius 1 is 1.26 bits per heavy atom. The monoisotopic (exact) mass is 345 g/mol. The highest BCUT2D eigenvalue weighted by Gasteiger charge is 2.31. The van der Waals surface area contributed by atoms with Crippen LogP contribution in [0.4, 0.5) is 0 Å². The van der Waals surface area contributed by atoms with Gasteiger partial charge < -0.3 is 24.8 Å². The molecule has 0 spiro atoms. The normalized spacial score (nSPS) is 24.6. The molecule has 0 amide bonds. The average molecular weight is 346 g/mol. The summed E-state index contributed by atoms with van der Waals surface area (Å²) in [4.78, 5) is 4.31. The van der Waals surface area contributed by atoms with Crippen molar-refractivity contribution in [2.24, 2.45) is 4.99 Å². The lowest BCUT2D eigenvalue weighted by molar-refractivity contribution is 0.0420. The number of hydrogen-bond acceptors (Lipinski definition) is 5. The summed E-state index contributed by atoms with van der Waals surface area (Å²) in [5.74, 6) is 0.870. The van der Waals surface area contributed by atoms with Gasteiger partial charge in [0.25, 0.3) is 0 Å². The van der Waals surface area contributed by atoms with Crippen molar-refractivity contribution in [3.63, 3.8) is 0 Å². The Kier molecular flexibility index (Phi) is 8.50. The number of hydrogen-bond donors (Lipinski definition) is 2. The first-order chi connectivity index (χ1) is 11.3. The maximum absolute atomic E-state index is 5.76. The van der Waals surface area contributed by atoms with Crippen LogP contribution in [0.3, 0.4) is 0 Å². The van der Waals surface area contributed by atoms with Crippen molar-refractivity contribution in [1.82, 2.24) is 10.6 Å². The molecule has 1 atom stereocenters. The maximum atomic E-state index is 5.76. The fraction of sp³-hybridized carbons (Fsp3) is 0.938. The smallest absolute Gasteiger partial charge is 0.191 e. The van der Waals surface area contributed by atoms with E-state index in [1.165, 1.54) is 0 Å². The van der Waals surface area contributed by atoms with Gasteiger partial charge in [-0.05, 0) is 31.9 Å². The molecule has 1 unspecified atom stereocenters. The number of nitrogens with one attached hydrogen (secondary N) is 2. The summed E-state index contributed by atoms with van der Waals surface area (Å²) >= 11 is 1.93. The number of rotatable bonds is 8. The minimum absolute atomic E-state index is 0.265. The first-order valence-electron chi connectivity index (χ1n) is 8.55. The van der Waals surface area contributed by atoms with Gasteiger partial charge in [-0.1, -0.05) is 0 Å². The third kappa shape index (κ3) is 6.49. The van der Waals surface area contributed by atoms with Crippen molar-refractivity contribution >= 4 is 17.7 Å². The van der Waals surface area contributed by atoms with E-state index in [9.17, 15) is 0 Å². The molecule has 0 saturated carbocycles. The van der Waals surface area contributed by atoms with E-state index in [2.05, 4.69) is 21.9 Å². The largest absolute Gasteiger partial charge is 0.381 e. The van der Waals surface area contributed by atoms with Crippen LogP contribution >= 0.6 is 11.8 Å². The van der Waals surface area contributed by atoms with Crippen molar-refractivity contribution in [2.45, 2.75) is 36.5 Å². The highest BCUT2D eigenvalue weighted by atomic mass is 32.2. The summed E-state index contributed by atoms with van der Waals surface area (Å²) in [6.45, 7) is 5.85. The second kappa shape index (κ2) is 10.4. The summed E-state index contributed by atoms with van der Waals surface area (Å²) in [6.07, 6.45) is 6.66. The molecule has 2 aliphatic heterocycles. The zero-order valence-electron chi connectivity index (χ0n) is 14.4. The van der Waals surface area contributed by atoms with Crippen LogP contribution in [-0.2, 0) is 14.2 Å². The molecule has 0 aromatic rings. The van der Waals surface area contributed by atoms with Gasteiger partial charge in [-0.3, -0.25) is 4.99 Å². The molecule has 0 radical (unpaired) electrons. The van der Waals surface area contributed by atoms with Gasteiger partial charge in [-0.25, -0.2) is 0 Å². The fourth-order valence-electron chi connectivity index (χ4n) is 2.84. The first-order valence-corrected chi connectivity index (χ1v) is 9.77. The third-order valence-electron chi connectivity index (χ3n) is 4.49. The highest BCUT2D eigenvalue weighted by Crippen LogP contribution is 2.32. The lowest BCUT2D eigenvalue weighted by atomic mass is 9.99. The Balaban J connectivity index is 1.59. The van der Waals surface area contributed by atoms with Crippen molar-refractivity contribution in [3.05, 3.63) is 0 Å². The van der Waals surface area contributed by atoms with Gasteiger partial charge in [0.1, 0.15) is 0 Å². The van der Waals surface area contributed by atoms with Crippen molar-refractivity contribution in [2.75, 3.05) is 59.4 Å². The van der Waals surface area contributed by atoms with Crippen molar-refractivity contribution < 1.29 is 14.2 Å². The van der Waals surface area contributed by atoms with Crippen molar-refractivity contribution in [3.8, 4) is 0 Å². The van der Waals surface area contributed by atoms with Gasteiger partial charge in [0.05, 0.1) is 12.7 Å². The van der Waals surface area contributed by atoms with Gasteiger partial charge in [-0.15, -0.1) is 0 Å². The number of ether oxygens (including phenoxy) is 3. The van der Waals surface area contributed by atoms with Crippen molar-refractivity contribution in [1.29, 1.82) is 0 Å². The Hall–Kier alpha value is -0.500.